The van der Waals surface area contributed by atoms with E-state index in [1.807, 2.05) is 0 Å². The van der Waals surface area contributed by atoms with Crippen LogP contribution >= 0.6 is 0 Å². The van der Waals surface area contributed by atoms with E-state index in [2.05, 4.69) is 10.3 Å². The molecule has 2 aromatic rings. The molecule has 1 unspecified atom stereocenters. The smallest absolute Gasteiger partial charge is 0.243 e. The largest absolute Gasteiger partial charge is 0.350 e. The van der Waals surface area contributed by atoms with Gasteiger partial charge < -0.3 is 5.32 Å². The Labute approximate surface area is 144 Å². The second-order valence-electron chi connectivity index (χ2n) is 5.41. The van der Waals surface area contributed by atoms with E-state index in [1.54, 1.807) is 24.5 Å². The molecule has 6 nitrogen and oxygen atoms in total. The fourth-order valence-corrected chi connectivity index (χ4v) is 3.44. The number of anilines is 1. The highest BCUT2D eigenvalue weighted by molar-refractivity contribution is 7.92. The molecule has 9 heteroatoms. The predicted octanol–water partition coefficient (Wildman–Crippen LogP) is 1.83. The third-order valence-electron chi connectivity index (χ3n) is 3.44. The maximum absolute atomic E-state index is 13.5. The van der Waals surface area contributed by atoms with Crippen LogP contribution < -0.4 is 9.62 Å². The number of halogens is 2. The van der Waals surface area contributed by atoms with Crippen LogP contribution in [0, 0.1) is 11.6 Å². The molecule has 0 radical (unpaired) electrons. The lowest BCUT2D eigenvalue weighted by Crippen LogP contribution is -2.47. The van der Waals surface area contributed by atoms with Crippen molar-refractivity contribution in [1.82, 2.24) is 10.3 Å². The average molecular weight is 369 g/mol. The second kappa shape index (κ2) is 7.56. The van der Waals surface area contributed by atoms with Crippen molar-refractivity contribution in [2.24, 2.45) is 0 Å². The summed E-state index contributed by atoms with van der Waals surface area (Å²) in [6, 6.07) is 4.95. The molecular weight excluding hydrogens is 352 g/mol. The van der Waals surface area contributed by atoms with Crippen molar-refractivity contribution in [2.45, 2.75) is 19.5 Å². The summed E-state index contributed by atoms with van der Waals surface area (Å²) >= 11 is 0. The number of hydrogen-bond acceptors (Lipinski definition) is 4. The summed E-state index contributed by atoms with van der Waals surface area (Å²) in [5.41, 5.74) is 0.604. The molecule has 1 aromatic heterocycles. The van der Waals surface area contributed by atoms with E-state index in [0.29, 0.717) is 0 Å². The van der Waals surface area contributed by atoms with Gasteiger partial charge in [-0.15, -0.1) is 0 Å². The van der Waals surface area contributed by atoms with Crippen molar-refractivity contribution in [3.63, 3.8) is 0 Å². The number of nitrogens with zero attached hydrogens (tertiary/aromatic N) is 2. The van der Waals surface area contributed by atoms with E-state index in [4.69, 9.17) is 0 Å². The summed E-state index contributed by atoms with van der Waals surface area (Å²) in [5.74, 6) is -2.89. The zero-order chi connectivity index (χ0) is 18.6. The van der Waals surface area contributed by atoms with Crippen molar-refractivity contribution in [2.75, 3.05) is 10.6 Å². The third-order valence-corrected chi connectivity index (χ3v) is 4.68. The summed E-state index contributed by atoms with van der Waals surface area (Å²) in [7, 11) is -3.90. The summed E-state index contributed by atoms with van der Waals surface area (Å²) in [5, 5.41) is 2.59. The summed E-state index contributed by atoms with van der Waals surface area (Å²) in [6.45, 7) is 1.52. The Morgan fingerprint density at radius 2 is 2.00 bits per heavy atom. The number of sulfonamides is 1. The molecule has 1 aromatic carbocycles. The lowest BCUT2D eigenvalue weighted by Gasteiger charge is -2.28. The van der Waals surface area contributed by atoms with Crippen LogP contribution in [-0.2, 0) is 21.4 Å². The predicted molar refractivity (Wildman–Crippen MR) is 89.2 cm³/mol. The van der Waals surface area contributed by atoms with Crippen molar-refractivity contribution in [1.29, 1.82) is 0 Å². The number of pyridine rings is 1. The van der Waals surface area contributed by atoms with Crippen LogP contribution in [0.4, 0.5) is 14.5 Å². The van der Waals surface area contributed by atoms with Gasteiger partial charge in [0.2, 0.25) is 15.9 Å². The zero-order valence-electron chi connectivity index (χ0n) is 13.6. The molecule has 1 heterocycles. The Hall–Kier alpha value is -2.55. The van der Waals surface area contributed by atoms with Gasteiger partial charge in [0.1, 0.15) is 6.04 Å². The highest BCUT2D eigenvalue weighted by Crippen LogP contribution is 2.23. The molecule has 2 rings (SSSR count). The van der Waals surface area contributed by atoms with Gasteiger partial charge >= 0.3 is 0 Å². The maximum atomic E-state index is 13.5. The molecule has 134 valence electrons. The third kappa shape index (κ3) is 4.72. The fourth-order valence-electron chi connectivity index (χ4n) is 2.27. The summed E-state index contributed by atoms with van der Waals surface area (Å²) in [6.07, 6.45) is 4.04. The number of nitrogens with one attached hydrogen (secondary N) is 1. The van der Waals surface area contributed by atoms with Gasteiger partial charge in [0.15, 0.2) is 11.6 Å². The topological polar surface area (TPSA) is 79.4 Å². The lowest BCUT2D eigenvalue weighted by molar-refractivity contribution is -0.122. The Kier molecular flexibility index (Phi) is 5.68. The highest BCUT2D eigenvalue weighted by Gasteiger charge is 2.29. The SMILES string of the molecule is CC(C(=O)NCc1cccnc1)N(c1ccc(F)c(F)c1)S(C)(=O)=O. The Morgan fingerprint density at radius 1 is 1.28 bits per heavy atom. The number of benzene rings is 1. The first-order valence-electron chi connectivity index (χ1n) is 7.31. The van der Waals surface area contributed by atoms with Crippen molar-refractivity contribution in [3.05, 3.63) is 59.9 Å². The molecule has 1 atom stereocenters. The monoisotopic (exact) mass is 369 g/mol. The lowest BCUT2D eigenvalue weighted by atomic mass is 10.2. The summed E-state index contributed by atoms with van der Waals surface area (Å²) < 4.78 is 51.4. The minimum atomic E-state index is -3.90. The quantitative estimate of drug-likeness (QED) is 0.843. The van der Waals surface area contributed by atoms with Crippen LogP contribution in [0.3, 0.4) is 0 Å². The van der Waals surface area contributed by atoms with Crippen LogP contribution in [0.25, 0.3) is 0 Å². The number of aromatic nitrogens is 1. The van der Waals surface area contributed by atoms with E-state index in [1.165, 1.54) is 6.92 Å². The van der Waals surface area contributed by atoms with Crippen LogP contribution in [0.5, 0.6) is 0 Å². The van der Waals surface area contributed by atoms with Gasteiger partial charge in [-0.2, -0.15) is 0 Å². The molecule has 1 amide bonds. The van der Waals surface area contributed by atoms with Gasteiger partial charge in [-0.25, -0.2) is 17.2 Å². The first-order valence-corrected chi connectivity index (χ1v) is 9.16. The Morgan fingerprint density at radius 3 is 2.56 bits per heavy atom. The number of hydrogen-bond donors (Lipinski definition) is 1. The van der Waals surface area contributed by atoms with Crippen LogP contribution in [-0.4, -0.2) is 31.6 Å². The molecule has 25 heavy (non-hydrogen) atoms. The summed E-state index contributed by atoms with van der Waals surface area (Å²) in [4.78, 5) is 16.2. The normalized spacial score (nSPS) is 12.5. The first kappa shape index (κ1) is 18.8. The molecule has 0 fully saturated rings. The fraction of sp³-hybridized carbons (Fsp3) is 0.250. The van der Waals surface area contributed by atoms with E-state index < -0.39 is 33.6 Å². The van der Waals surface area contributed by atoms with E-state index in [9.17, 15) is 22.0 Å². The van der Waals surface area contributed by atoms with Gasteiger partial charge in [-0.1, -0.05) is 6.07 Å². The van der Waals surface area contributed by atoms with Crippen molar-refractivity contribution >= 4 is 21.6 Å². The highest BCUT2D eigenvalue weighted by atomic mass is 32.2. The molecular formula is C16H17F2N3O3S. The molecule has 0 bridgehead atoms. The van der Waals surface area contributed by atoms with Gasteiger partial charge in [0, 0.05) is 25.0 Å². The Balaban J connectivity index is 2.22. The van der Waals surface area contributed by atoms with Crippen LogP contribution in [0.15, 0.2) is 42.7 Å². The molecule has 0 spiro atoms. The minimum Gasteiger partial charge on any atom is -0.350 e. The minimum absolute atomic E-state index is 0.134. The van der Waals surface area contributed by atoms with Gasteiger partial charge in [-0.3, -0.25) is 14.1 Å². The van der Waals surface area contributed by atoms with E-state index in [-0.39, 0.29) is 12.2 Å². The van der Waals surface area contributed by atoms with Gasteiger partial charge in [0.05, 0.1) is 11.9 Å². The Bertz CT molecular complexity index is 860. The van der Waals surface area contributed by atoms with Crippen LogP contribution in [0.1, 0.15) is 12.5 Å². The molecule has 1 N–H and O–H groups in total. The molecule has 0 saturated carbocycles. The van der Waals surface area contributed by atoms with E-state index in [0.717, 1.165) is 34.3 Å². The number of carbonyl (C=O) groups excluding carboxylic acids is 1. The van der Waals surface area contributed by atoms with Gasteiger partial charge in [0.25, 0.3) is 0 Å². The average Bonchev–Trinajstić information content (AvgIpc) is 2.55. The number of amides is 1. The van der Waals surface area contributed by atoms with Crippen LogP contribution in [0.2, 0.25) is 0 Å². The van der Waals surface area contributed by atoms with Gasteiger partial charge in [-0.05, 0) is 30.7 Å². The number of carbonyl (C=O) groups is 1. The second-order valence-corrected chi connectivity index (χ2v) is 7.27. The molecule has 0 aliphatic rings. The van der Waals surface area contributed by atoms with E-state index >= 15 is 0 Å². The van der Waals surface area contributed by atoms with Crippen molar-refractivity contribution in [3.8, 4) is 0 Å². The van der Waals surface area contributed by atoms with Crippen molar-refractivity contribution < 1.29 is 22.0 Å². The number of rotatable bonds is 6. The molecule has 0 aliphatic carbocycles. The molecule has 0 aliphatic heterocycles. The zero-order valence-corrected chi connectivity index (χ0v) is 14.4. The standard InChI is InChI=1S/C16H17F2N3O3S/c1-11(16(22)20-10-12-4-3-7-19-9-12)21(25(2,23)24)13-5-6-14(17)15(18)8-13/h3-9,11H,10H2,1-2H3,(H,20,22). The maximum Gasteiger partial charge on any atom is 0.243 e. The molecule has 0 saturated heterocycles. The first-order chi connectivity index (χ1) is 11.7.